The lowest BCUT2D eigenvalue weighted by Gasteiger charge is -2.19. The van der Waals surface area contributed by atoms with Crippen molar-refractivity contribution in [3.8, 4) is 11.5 Å². The van der Waals surface area contributed by atoms with Crippen LogP contribution in [0.2, 0.25) is 0 Å². The monoisotopic (exact) mass is 474 g/mol. The summed E-state index contributed by atoms with van der Waals surface area (Å²) < 4.78 is 10.9. The molecule has 0 radical (unpaired) electrons. The summed E-state index contributed by atoms with van der Waals surface area (Å²) in [7, 11) is 1.46. The number of ketones is 1. The van der Waals surface area contributed by atoms with E-state index >= 15 is 0 Å². The number of hydrogen-bond acceptors (Lipinski definition) is 5. The van der Waals surface area contributed by atoms with E-state index in [1.54, 1.807) is 54.6 Å². The number of benzene rings is 3. The van der Waals surface area contributed by atoms with E-state index in [1.165, 1.54) is 14.0 Å². The van der Waals surface area contributed by atoms with Crippen molar-refractivity contribution in [3.63, 3.8) is 0 Å². The third-order valence-electron chi connectivity index (χ3n) is 5.39. The Labute approximate surface area is 205 Å². The van der Waals surface area contributed by atoms with E-state index < -0.39 is 5.91 Å². The molecule has 3 rings (SSSR count). The molecule has 0 bridgehead atoms. The summed E-state index contributed by atoms with van der Waals surface area (Å²) >= 11 is 0. The molecule has 0 aliphatic heterocycles. The molecule has 35 heavy (non-hydrogen) atoms. The first-order chi connectivity index (χ1) is 16.6. The minimum absolute atomic E-state index is 0.00651. The van der Waals surface area contributed by atoms with Crippen LogP contribution in [-0.4, -0.2) is 31.3 Å². The van der Waals surface area contributed by atoms with Gasteiger partial charge < -0.3 is 20.1 Å². The quantitative estimate of drug-likeness (QED) is 0.423. The molecule has 0 spiro atoms. The highest BCUT2D eigenvalue weighted by atomic mass is 16.5. The molecular formula is C28H30N2O5. The zero-order valence-corrected chi connectivity index (χ0v) is 20.6. The van der Waals surface area contributed by atoms with Crippen LogP contribution in [0.4, 0.5) is 11.4 Å². The molecule has 2 N–H and O–H groups in total. The average Bonchev–Trinajstić information content (AvgIpc) is 2.83. The van der Waals surface area contributed by atoms with Crippen molar-refractivity contribution in [2.24, 2.45) is 0 Å². The van der Waals surface area contributed by atoms with Crippen LogP contribution in [0.15, 0.2) is 66.7 Å². The summed E-state index contributed by atoms with van der Waals surface area (Å²) in [5, 5.41) is 5.61. The highest BCUT2D eigenvalue weighted by Gasteiger charge is 2.16. The molecular weight excluding hydrogens is 444 g/mol. The Morgan fingerprint density at radius 1 is 0.800 bits per heavy atom. The Kier molecular flexibility index (Phi) is 7.91. The molecule has 0 aliphatic carbocycles. The third-order valence-corrected chi connectivity index (χ3v) is 5.39. The number of methoxy groups -OCH3 is 1. The van der Waals surface area contributed by atoms with E-state index in [0.717, 1.165) is 5.56 Å². The van der Waals surface area contributed by atoms with Gasteiger partial charge in [-0.2, -0.15) is 0 Å². The Morgan fingerprint density at radius 2 is 1.40 bits per heavy atom. The molecule has 0 aliphatic rings. The van der Waals surface area contributed by atoms with Crippen LogP contribution >= 0.6 is 0 Å². The van der Waals surface area contributed by atoms with Crippen molar-refractivity contribution in [3.05, 3.63) is 83.4 Å². The molecule has 7 heteroatoms. The van der Waals surface area contributed by atoms with Crippen molar-refractivity contribution in [2.45, 2.75) is 33.1 Å². The summed E-state index contributed by atoms with van der Waals surface area (Å²) in [6, 6.07) is 19.1. The Bertz CT molecular complexity index is 1230. The van der Waals surface area contributed by atoms with E-state index in [4.69, 9.17) is 9.47 Å². The van der Waals surface area contributed by atoms with Gasteiger partial charge >= 0.3 is 0 Å². The molecule has 0 atom stereocenters. The van der Waals surface area contributed by atoms with E-state index in [-0.39, 0.29) is 23.7 Å². The summed E-state index contributed by atoms with van der Waals surface area (Å²) in [4.78, 5) is 36.9. The van der Waals surface area contributed by atoms with Crippen molar-refractivity contribution in [2.75, 3.05) is 24.4 Å². The number of carbonyl (C=O) groups is 3. The average molecular weight is 475 g/mol. The molecule has 7 nitrogen and oxygen atoms in total. The van der Waals surface area contributed by atoms with Gasteiger partial charge in [0.2, 0.25) is 0 Å². The predicted molar refractivity (Wildman–Crippen MR) is 137 cm³/mol. The molecule has 0 unspecified atom stereocenters. The predicted octanol–water partition coefficient (Wildman–Crippen LogP) is 5.47. The first-order valence-corrected chi connectivity index (χ1v) is 11.2. The van der Waals surface area contributed by atoms with Crippen molar-refractivity contribution < 1.29 is 23.9 Å². The Morgan fingerprint density at radius 3 is 1.97 bits per heavy atom. The zero-order chi connectivity index (χ0) is 25.6. The Hall–Kier alpha value is -4.13. The van der Waals surface area contributed by atoms with Crippen LogP contribution in [0, 0.1) is 0 Å². The van der Waals surface area contributed by atoms with Gasteiger partial charge in [-0.15, -0.1) is 0 Å². The second-order valence-corrected chi connectivity index (χ2v) is 9.09. The van der Waals surface area contributed by atoms with E-state index in [1.807, 2.05) is 12.1 Å². The van der Waals surface area contributed by atoms with Crippen molar-refractivity contribution >= 4 is 29.0 Å². The van der Waals surface area contributed by atoms with E-state index in [9.17, 15) is 14.4 Å². The molecule has 2 amide bonds. The highest BCUT2D eigenvalue weighted by Crippen LogP contribution is 2.29. The third kappa shape index (κ3) is 6.69. The number of hydrogen-bond donors (Lipinski definition) is 2. The van der Waals surface area contributed by atoms with Crippen LogP contribution in [0.1, 0.15) is 54.0 Å². The number of para-hydroxylation sites is 2. The lowest BCUT2D eigenvalue weighted by Crippen LogP contribution is -2.22. The van der Waals surface area contributed by atoms with Crippen molar-refractivity contribution in [1.82, 2.24) is 0 Å². The number of carbonyl (C=O) groups excluding carboxylic acids is 3. The molecule has 0 heterocycles. The minimum atomic E-state index is -0.418. The summed E-state index contributed by atoms with van der Waals surface area (Å²) in [5.74, 6) is -0.0994. The maximum atomic E-state index is 12.8. The molecule has 0 saturated heterocycles. The van der Waals surface area contributed by atoms with Gasteiger partial charge in [0.15, 0.2) is 23.9 Å². The molecule has 3 aromatic rings. The second-order valence-electron chi connectivity index (χ2n) is 9.09. The summed E-state index contributed by atoms with van der Waals surface area (Å²) in [6.07, 6.45) is 0. The number of rotatable bonds is 8. The van der Waals surface area contributed by atoms with E-state index in [0.29, 0.717) is 34.0 Å². The van der Waals surface area contributed by atoms with E-state index in [2.05, 4.69) is 31.4 Å². The summed E-state index contributed by atoms with van der Waals surface area (Å²) in [6.45, 7) is 7.51. The number of nitrogens with one attached hydrogen (secondary N) is 2. The smallest absolute Gasteiger partial charge is 0.262 e. The van der Waals surface area contributed by atoms with Gasteiger partial charge in [-0.25, -0.2) is 0 Å². The highest BCUT2D eigenvalue weighted by molar-refractivity contribution is 6.07. The fourth-order valence-corrected chi connectivity index (χ4v) is 3.35. The molecule has 0 aromatic heterocycles. The number of Topliss-reactive ketones (excluding diaryl/α,β-unsaturated/α-hetero) is 1. The van der Waals surface area contributed by atoms with Gasteiger partial charge in [-0.3, -0.25) is 14.4 Å². The maximum absolute atomic E-state index is 12.8. The first kappa shape index (κ1) is 25.5. The summed E-state index contributed by atoms with van der Waals surface area (Å²) in [5.41, 5.74) is 3.04. The van der Waals surface area contributed by atoms with Gasteiger partial charge in [0.1, 0.15) is 0 Å². The van der Waals surface area contributed by atoms with Gasteiger partial charge in [0.25, 0.3) is 11.8 Å². The standard InChI is InChI=1S/C28H30N2O5/c1-18(31)20-12-15-24(25(16-20)34-5)35-17-26(32)29-22-8-6-7-9-23(22)30-27(33)19-10-13-21(14-11-19)28(2,3)4/h6-16H,17H2,1-5H3,(H,29,32)(H,30,33). The van der Waals surface area contributed by atoms with Gasteiger partial charge in [-0.1, -0.05) is 45.0 Å². The zero-order valence-electron chi connectivity index (χ0n) is 20.6. The largest absolute Gasteiger partial charge is 0.493 e. The normalized spacial score (nSPS) is 10.9. The fraction of sp³-hybridized carbons (Fsp3) is 0.250. The number of anilines is 2. The Balaban J connectivity index is 1.65. The van der Waals surface area contributed by atoms with Gasteiger partial charge in [0.05, 0.1) is 18.5 Å². The second kappa shape index (κ2) is 10.9. The SMILES string of the molecule is COc1cc(C(C)=O)ccc1OCC(=O)Nc1ccccc1NC(=O)c1ccc(C(C)(C)C)cc1. The topological polar surface area (TPSA) is 93.7 Å². The molecule has 0 saturated carbocycles. The molecule has 0 fully saturated rings. The van der Waals surface area contributed by atoms with Crippen LogP contribution < -0.4 is 20.1 Å². The van der Waals surface area contributed by atoms with Gasteiger partial charge in [-0.05, 0) is 60.4 Å². The lowest BCUT2D eigenvalue weighted by atomic mass is 9.87. The van der Waals surface area contributed by atoms with Crippen LogP contribution in [0.3, 0.4) is 0 Å². The van der Waals surface area contributed by atoms with Gasteiger partial charge in [0, 0.05) is 11.1 Å². The van der Waals surface area contributed by atoms with Crippen LogP contribution in [0.5, 0.6) is 11.5 Å². The minimum Gasteiger partial charge on any atom is -0.493 e. The lowest BCUT2D eigenvalue weighted by molar-refractivity contribution is -0.118. The van der Waals surface area contributed by atoms with Crippen molar-refractivity contribution in [1.29, 1.82) is 0 Å². The molecule has 3 aromatic carbocycles. The number of amides is 2. The first-order valence-electron chi connectivity index (χ1n) is 11.2. The maximum Gasteiger partial charge on any atom is 0.262 e. The fourth-order valence-electron chi connectivity index (χ4n) is 3.35. The van der Waals surface area contributed by atoms with Crippen LogP contribution in [0.25, 0.3) is 0 Å². The molecule has 182 valence electrons. The number of ether oxygens (including phenoxy) is 2. The van der Waals surface area contributed by atoms with Crippen LogP contribution in [-0.2, 0) is 10.2 Å².